The monoisotopic (exact) mass is 334 g/mol. The smallest absolute Gasteiger partial charge is 0.240 e. The standard InChI is InChI=1S/C15H18N6O.ClH/c1-20(11-14-18-15(7-16)22-19-14)9-12-8-17-21(10-12)13-5-3-2-4-6-13;/h2-6,8,10H,7,9,11,16H2,1H3;1H. The molecule has 7 nitrogen and oxygen atoms in total. The van der Waals surface area contributed by atoms with E-state index in [2.05, 4.69) is 20.1 Å². The fourth-order valence-electron chi connectivity index (χ4n) is 2.21. The van der Waals surface area contributed by atoms with Crippen LogP contribution >= 0.6 is 12.4 Å². The van der Waals surface area contributed by atoms with E-state index in [1.165, 1.54) is 0 Å². The lowest BCUT2D eigenvalue weighted by Gasteiger charge is -2.12. The average Bonchev–Trinajstić information content (AvgIpc) is 3.17. The van der Waals surface area contributed by atoms with Crippen LogP contribution in [0, 0.1) is 0 Å². The molecule has 0 saturated carbocycles. The molecule has 1 aromatic carbocycles. The molecule has 0 aliphatic heterocycles. The minimum atomic E-state index is 0. The van der Waals surface area contributed by atoms with Gasteiger partial charge in [-0.2, -0.15) is 10.1 Å². The van der Waals surface area contributed by atoms with Gasteiger partial charge in [-0.3, -0.25) is 4.90 Å². The van der Waals surface area contributed by atoms with E-state index in [0.717, 1.165) is 17.8 Å². The summed E-state index contributed by atoms with van der Waals surface area (Å²) in [5.41, 5.74) is 7.62. The molecule has 23 heavy (non-hydrogen) atoms. The summed E-state index contributed by atoms with van der Waals surface area (Å²) in [5.74, 6) is 1.10. The molecule has 3 aromatic rings. The highest BCUT2D eigenvalue weighted by molar-refractivity contribution is 5.85. The first-order valence-electron chi connectivity index (χ1n) is 7.03. The fourth-order valence-corrected chi connectivity index (χ4v) is 2.21. The van der Waals surface area contributed by atoms with Crippen molar-refractivity contribution in [2.24, 2.45) is 5.73 Å². The first-order chi connectivity index (χ1) is 10.7. The van der Waals surface area contributed by atoms with Crippen LogP contribution in [0.1, 0.15) is 17.3 Å². The number of aromatic nitrogens is 4. The molecule has 0 unspecified atom stereocenters. The number of halogens is 1. The van der Waals surface area contributed by atoms with E-state index in [1.807, 2.05) is 54.5 Å². The predicted molar refractivity (Wildman–Crippen MR) is 88.2 cm³/mol. The molecule has 0 radical (unpaired) electrons. The van der Waals surface area contributed by atoms with Crippen molar-refractivity contribution in [1.82, 2.24) is 24.8 Å². The van der Waals surface area contributed by atoms with Gasteiger partial charge in [0.1, 0.15) is 0 Å². The van der Waals surface area contributed by atoms with Gasteiger partial charge in [0.2, 0.25) is 5.89 Å². The van der Waals surface area contributed by atoms with Gasteiger partial charge in [0.25, 0.3) is 0 Å². The Kier molecular flexibility index (Phi) is 5.86. The molecule has 0 aliphatic carbocycles. The molecule has 2 heterocycles. The van der Waals surface area contributed by atoms with Crippen LogP contribution in [-0.4, -0.2) is 31.9 Å². The Bertz CT molecular complexity index is 726. The normalized spacial score (nSPS) is 10.7. The number of hydrogen-bond donors (Lipinski definition) is 1. The first-order valence-corrected chi connectivity index (χ1v) is 7.03. The van der Waals surface area contributed by atoms with Crippen molar-refractivity contribution in [2.75, 3.05) is 7.05 Å². The zero-order chi connectivity index (χ0) is 15.4. The number of benzene rings is 1. The lowest BCUT2D eigenvalue weighted by atomic mass is 10.3. The molecule has 0 amide bonds. The number of nitrogens with zero attached hydrogens (tertiary/aromatic N) is 5. The van der Waals surface area contributed by atoms with E-state index < -0.39 is 0 Å². The van der Waals surface area contributed by atoms with Crippen molar-refractivity contribution >= 4 is 12.4 Å². The van der Waals surface area contributed by atoms with E-state index in [-0.39, 0.29) is 19.0 Å². The third kappa shape index (κ3) is 4.38. The fraction of sp³-hybridized carbons (Fsp3) is 0.267. The summed E-state index contributed by atoms with van der Waals surface area (Å²) in [7, 11) is 2.00. The van der Waals surface area contributed by atoms with Crippen molar-refractivity contribution in [2.45, 2.75) is 19.6 Å². The third-order valence-corrected chi connectivity index (χ3v) is 3.21. The van der Waals surface area contributed by atoms with Crippen molar-refractivity contribution in [3.05, 3.63) is 60.0 Å². The maximum Gasteiger partial charge on any atom is 0.240 e. The quantitative estimate of drug-likeness (QED) is 0.739. The van der Waals surface area contributed by atoms with Gasteiger partial charge >= 0.3 is 0 Å². The molecule has 122 valence electrons. The van der Waals surface area contributed by atoms with Crippen LogP contribution in [0.4, 0.5) is 0 Å². The molecule has 0 fully saturated rings. The second-order valence-corrected chi connectivity index (χ2v) is 5.11. The van der Waals surface area contributed by atoms with Crippen LogP contribution in [0.15, 0.2) is 47.2 Å². The number of para-hydroxylation sites is 1. The van der Waals surface area contributed by atoms with Gasteiger partial charge < -0.3 is 10.3 Å². The van der Waals surface area contributed by atoms with Gasteiger partial charge in [-0.05, 0) is 19.2 Å². The highest BCUT2D eigenvalue weighted by Gasteiger charge is 2.09. The lowest BCUT2D eigenvalue weighted by molar-refractivity contribution is 0.299. The Morgan fingerprint density at radius 1 is 1.22 bits per heavy atom. The van der Waals surface area contributed by atoms with Crippen LogP contribution in [0.2, 0.25) is 0 Å². The van der Waals surface area contributed by atoms with E-state index in [0.29, 0.717) is 18.3 Å². The summed E-state index contributed by atoms with van der Waals surface area (Å²) < 4.78 is 6.86. The maximum atomic E-state index is 5.45. The largest absolute Gasteiger partial charge is 0.338 e. The summed E-state index contributed by atoms with van der Waals surface area (Å²) in [5, 5.41) is 8.28. The molecule has 0 spiro atoms. The van der Waals surface area contributed by atoms with Crippen LogP contribution in [0.5, 0.6) is 0 Å². The Labute approximate surface area is 140 Å². The molecule has 0 atom stereocenters. The summed E-state index contributed by atoms with van der Waals surface area (Å²) in [6.45, 7) is 1.61. The average molecular weight is 335 g/mol. The SMILES string of the molecule is CN(Cc1cnn(-c2ccccc2)c1)Cc1noc(CN)n1.Cl. The topological polar surface area (TPSA) is 86.0 Å². The van der Waals surface area contributed by atoms with Crippen LogP contribution in [0.3, 0.4) is 0 Å². The van der Waals surface area contributed by atoms with Crippen molar-refractivity contribution in [3.8, 4) is 5.69 Å². The van der Waals surface area contributed by atoms with Gasteiger partial charge in [-0.15, -0.1) is 12.4 Å². The van der Waals surface area contributed by atoms with Gasteiger partial charge in [-0.1, -0.05) is 23.4 Å². The first kappa shape index (κ1) is 17.1. The lowest BCUT2D eigenvalue weighted by Crippen LogP contribution is -2.17. The minimum absolute atomic E-state index is 0. The van der Waals surface area contributed by atoms with E-state index >= 15 is 0 Å². The van der Waals surface area contributed by atoms with Gasteiger partial charge in [0, 0.05) is 18.3 Å². The number of rotatable bonds is 6. The van der Waals surface area contributed by atoms with Gasteiger partial charge in [-0.25, -0.2) is 4.68 Å². The second kappa shape index (κ2) is 7.87. The van der Waals surface area contributed by atoms with E-state index in [4.69, 9.17) is 10.3 Å². The molecule has 3 rings (SSSR count). The summed E-state index contributed by atoms with van der Waals surface area (Å²) in [4.78, 5) is 6.29. The third-order valence-electron chi connectivity index (χ3n) is 3.21. The minimum Gasteiger partial charge on any atom is -0.338 e. The number of hydrogen-bond acceptors (Lipinski definition) is 6. The van der Waals surface area contributed by atoms with E-state index in [1.54, 1.807) is 0 Å². The highest BCUT2D eigenvalue weighted by atomic mass is 35.5. The van der Waals surface area contributed by atoms with Gasteiger partial charge in [0.05, 0.1) is 25.0 Å². The van der Waals surface area contributed by atoms with Gasteiger partial charge in [0.15, 0.2) is 5.82 Å². The molecule has 0 aliphatic rings. The van der Waals surface area contributed by atoms with Crippen molar-refractivity contribution in [3.63, 3.8) is 0 Å². The highest BCUT2D eigenvalue weighted by Crippen LogP contribution is 2.10. The Morgan fingerprint density at radius 2 is 2.00 bits per heavy atom. The van der Waals surface area contributed by atoms with Crippen molar-refractivity contribution in [1.29, 1.82) is 0 Å². The molecule has 0 saturated heterocycles. The Hall–Kier alpha value is -2.22. The number of nitrogens with two attached hydrogens (primary N) is 1. The molecular formula is C15H19ClN6O. The summed E-state index contributed by atoms with van der Waals surface area (Å²) >= 11 is 0. The molecule has 2 aromatic heterocycles. The molecule has 0 bridgehead atoms. The Balaban J connectivity index is 0.00000192. The predicted octanol–water partition coefficient (Wildman–Crippen LogP) is 1.77. The second-order valence-electron chi connectivity index (χ2n) is 5.11. The van der Waals surface area contributed by atoms with Crippen LogP contribution in [0.25, 0.3) is 5.69 Å². The van der Waals surface area contributed by atoms with Crippen LogP contribution in [-0.2, 0) is 19.6 Å². The zero-order valence-corrected chi connectivity index (χ0v) is 13.6. The Morgan fingerprint density at radius 3 is 2.70 bits per heavy atom. The van der Waals surface area contributed by atoms with Crippen LogP contribution < -0.4 is 5.73 Å². The molecular weight excluding hydrogens is 316 g/mol. The van der Waals surface area contributed by atoms with Crippen molar-refractivity contribution < 1.29 is 4.52 Å². The molecule has 8 heteroatoms. The van der Waals surface area contributed by atoms with E-state index in [9.17, 15) is 0 Å². The maximum absolute atomic E-state index is 5.45. The molecule has 2 N–H and O–H groups in total. The summed E-state index contributed by atoms with van der Waals surface area (Å²) in [6.07, 6.45) is 3.89. The summed E-state index contributed by atoms with van der Waals surface area (Å²) in [6, 6.07) is 10.0. The zero-order valence-electron chi connectivity index (χ0n) is 12.8.